The van der Waals surface area contributed by atoms with Gasteiger partial charge in [-0.25, -0.2) is 0 Å². The van der Waals surface area contributed by atoms with Gasteiger partial charge >= 0.3 is 0 Å². The lowest BCUT2D eigenvalue weighted by molar-refractivity contribution is 0.0643. The number of nitrogens with one attached hydrogen (secondary N) is 1. The lowest BCUT2D eigenvalue weighted by atomic mass is 10.0. The van der Waals surface area contributed by atoms with E-state index in [0.717, 1.165) is 44.6 Å². The highest BCUT2D eigenvalue weighted by Gasteiger charge is 2.26. The molecule has 1 aliphatic heterocycles. The number of pyridine rings is 1. The molecule has 0 bridgehead atoms. The van der Waals surface area contributed by atoms with E-state index in [1.807, 2.05) is 48.5 Å². The Bertz CT molecular complexity index is 1050. The van der Waals surface area contributed by atoms with E-state index in [4.69, 9.17) is 0 Å². The fraction of sp³-hybridized carbons (Fsp3) is 0.296. The molecule has 1 N–H and O–H groups in total. The van der Waals surface area contributed by atoms with Crippen LogP contribution in [0, 0.1) is 0 Å². The first kappa shape index (κ1) is 22.7. The Morgan fingerprint density at radius 1 is 0.939 bits per heavy atom. The molecule has 2 heterocycles. The second kappa shape index (κ2) is 10.9. The normalized spacial score (nSPS) is 14.6. The fourth-order valence-electron chi connectivity index (χ4n) is 4.21. The lowest BCUT2D eigenvalue weighted by Crippen LogP contribution is -2.46. The SMILES string of the molecule is CN(C(=O)c1ccc(NC(=O)c2ccccc2)cc1)C1CCN(CCc2ccccn2)CC1. The van der Waals surface area contributed by atoms with E-state index in [1.165, 1.54) is 0 Å². The molecule has 1 fully saturated rings. The summed E-state index contributed by atoms with van der Waals surface area (Å²) in [5.41, 5.74) is 3.02. The molecule has 0 radical (unpaired) electrons. The third-order valence-corrected chi connectivity index (χ3v) is 6.26. The third-order valence-electron chi connectivity index (χ3n) is 6.26. The second-order valence-electron chi connectivity index (χ2n) is 8.46. The van der Waals surface area contributed by atoms with Gasteiger partial charge in [0.2, 0.25) is 0 Å². The molecular formula is C27H30N4O2. The molecule has 2 amide bonds. The zero-order chi connectivity index (χ0) is 23.0. The van der Waals surface area contributed by atoms with E-state index in [1.54, 1.807) is 36.4 Å². The summed E-state index contributed by atoms with van der Waals surface area (Å²) in [5.74, 6) is -0.149. The van der Waals surface area contributed by atoms with Gasteiger partial charge in [-0.1, -0.05) is 24.3 Å². The molecule has 4 rings (SSSR count). The van der Waals surface area contributed by atoms with Crippen molar-refractivity contribution in [3.8, 4) is 0 Å². The molecule has 0 unspecified atom stereocenters. The molecule has 3 aromatic rings. The first-order valence-electron chi connectivity index (χ1n) is 11.5. The van der Waals surface area contributed by atoms with Crippen molar-refractivity contribution in [2.45, 2.75) is 25.3 Å². The number of nitrogens with zero attached hydrogens (tertiary/aromatic N) is 3. The van der Waals surface area contributed by atoms with Crippen molar-refractivity contribution in [2.75, 3.05) is 32.0 Å². The monoisotopic (exact) mass is 442 g/mol. The molecule has 0 aliphatic carbocycles. The van der Waals surface area contributed by atoms with Crippen LogP contribution in [-0.4, -0.2) is 59.3 Å². The van der Waals surface area contributed by atoms with E-state index in [9.17, 15) is 9.59 Å². The van der Waals surface area contributed by atoms with Gasteiger partial charge < -0.3 is 15.1 Å². The number of benzene rings is 2. The molecule has 0 saturated carbocycles. The smallest absolute Gasteiger partial charge is 0.255 e. The molecule has 0 spiro atoms. The number of carbonyl (C=O) groups is 2. The second-order valence-corrected chi connectivity index (χ2v) is 8.46. The van der Waals surface area contributed by atoms with Gasteiger partial charge in [-0.15, -0.1) is 0 Å². The Balaban J connectivity index is 1.26. The highest BCUT2D eigenvalue weighted by Crippen LogP contribution is 2.19. The van der Waals surface area contributed by atoms with E-state index in [0.29, 0.717) is 16.8 Å². The van der Waals surface area contributed by atoms with E-state index in [2.05, 4.69) is 21.3 Å². The van der Waals surface area contributed by atoms with Crippen molar-refractivity contribution in [3.05, 3.63) is 95.8 Å². The van der Waals surface area contributed by atoms with Gasteiger partial charge in [0, 0.05) is 67.8 Å². The van der Waals surface area contributed by atoms with Crippen LogP contribution in [0.15, 0.2) is 79.0 Å². The molecule has 1 saturated heterocycles. The number of hydrogen-bond donors (Lipinski definition) is 1. The highest BCUT2D eigenvalue weighted by atomic mass is 16.2. The van der Waals surface area contributed by atoms with Crippen LogP contribution in [0.5, 0.6) is 0 Å². The molecule has 170 valence electrons. The van der Waals surface area contributed by atoms with Gasteiger partial charge in [0.05, 0.1) is 0 Å². The van der Waals surface area contributed by atoms with Crippen molar-refractivity contribution < 1.29 is 9.59 Å². The number of aromatic nitrogens is 1. The van der Waals surface area contributed by atoms with Gasteiger partial charge in [-0.2, -0.15) is 0 Å². The molecular weight excluding hydrogens is 412 g/mol. The Morgan fingerprint density at radius 3 is 2.30 bits per heavy atom. The van der Waals surface area contributed by atoms with Crippen LogP contribution in [-0.2, 0) is 6.42 Å². The van der Waals surface area contributed by atoms with Crippen molar-refractivity contribution in [1.82, 2.24) is 14.8 Å². The summed E-state index contributed by atoms with van der Waals surface area (Å²) in [5, 5.41) is 2.87. The minimum Gasteiger partial charge on any atom is -0.339 e. The van der Waals surface area contributed by atoms with Crippen LogP contribution in [0.4, 0.5) is 5.69 Å². The van der Waals surface area contributed by atoms with Crippen molar-refractivity contribution >= 4 is 17.5 Å². The summed E-state index contributed by atoms with van der Waals surface area (Å²) in [6.07, 6.45) is 4.73. The predicted molar refractivity (Wildman–Crippen MR) is 130 cm³/mol. The van der Waals surface area contributed by atoms with Crippen LogP contribution in [0.25, 0.3) is 0 Å². The molecule has 6 nitrogen and oxygen atoms in total. The quantitative estimate of drug-likeness (QED) is 0.598. The Morgan fingerprint density at radius 2 is 1.64 bits per heavy atom. The minimum absolute atomic E-state index is 0.0165. The molecule has 2 aromatic carbocycles. The molecule has 0 atom stereocenters. The number of rotatable bonds is 7. The third kappa shape index (κ3) is 6.05. The Kier molecular flexibility index (Phi) is 7.47. The summed E-state index contributed by atoms with van der Waals surface area (Å²) >= 11 is 0. The van der Waals surface area contributed by atoms with Crippen LogP contribution in [0.3, 0.4) is 0 Å². The van der Waals surface area contributed by atoms with Gasteiger partial charge in [0.25, 0.3) is 11.8 Å². The first-order chi connectivity index (χ1) is 16.1. The lowest BCUT2D eigenvalue weighted by Gasteiger charge is -2.36. The van der Waals surface area contributed by atoms with E-state index in [-0.39, 0.29) is 17.9 Å². The van der Waals surface area contributed by atoms with Crippen molar-refractivity contribution in [2.24, 2.45) is 0 Å². The maximum Gasteiger partial charge on any atom is 0.255 e. The first-order valence-corrected chi connectivity index (χ1v) is 11.5. The highest BCUT2D eigenvalue weighted by molar-refractivity contribution is 6.04. The topological polar surface area (TPSA) is 65.5 Å². The maximum atomic E-state index is 13.0. The number of hydrogen-bond acceptors (Lipinski definition) is 4. The largest absolute Gasteiger partial charge is 0.339 e. The molecule has 33 heavy (non-hydrogen) atoms. The maximum absolute atomic E-state index is 13.0. The Labute approximate surface area is 195 Å². The van der Waals surface area contributed by atoms with Crippen LogP contribution in [0.2, 0.25) is 0 Å². The number of likely N-dealkylation sites (tertiary alicyclic amines) is 1. The van der Waals surface area contributed by atoms with Crippen LogP contribution < -0.4 is 5.32 Å². The fourth-order valence-corrected chi connectivity index (χ4v) is 4.21. The van der Waals surface area contributed by atoms with E-state index < -0.39 is 0 Å². The summed E-state index contributed by atoms with van der Waals surface area (Å²) in [6, 6.07) is 22.5. The van der Waals surface area contributed by atoms with Gasteiger partial charge in [0.1, 0.15) is 0 Å². The van der Waals surface area contributed by atoms with Gasteiger partial charge in [0.15, 0.2) is 0 Å². The average molecular weight is 443 g/mol. The standard InChI is InChI=1S/C27H30N4O2/c1-30(25-15-19-31(20-16-25)18-14-23-9-5-6-17-28-23)27(33)22-10-12-24(13-11-22)29-26(32)21-7-3-2-4-8-21/h2-13,17,25H,14-16,18-20H2,1H3,(H,29,32). The van der Waals surface area contributed by atoms with Gasteiger partial charge in [-0.05, 0) is 61.4 Å². The summed E-state index contributed by atoms with van der Waals surface area (Å²) < 4.78 is 0. The average Bonchev–Trinajstić information content (AvgIpc) is 2.88. The van der Waals surface area contributed by atoms with Crippen LogP contribution >= 0.6 is 0 Å². The molecule has 6 heteroatoms. The number of piperidine rings is 1. The van der Waals surface area contributed by atoms with Crippen LogP contribution in [0.1, 0.15) is 39.3 Å². The summed E-state index contributed by atoms with van der Waals surface area (Å²) in [7, 11) is 1.89. The summed E-state index contributed by atoms with van der Waals surface area (Å²) in [4.78, 5) is 34.0. The number of anilines is 1. The zero-order valence-electron chi connectivity index (χ0n) is 19.0. The Hall–Kier alpha value is -3.51. The molecule has 1 aromatic heterocycles. The zero-order valence-corrected chi connectivity index (χ0v) is 19.0. The van der Waals surface area contributed by atoms with Crippen molar-refractivity contribution in [1.29, 1.82) is 0 Å². The van der Waals surface area contributed by atoms with Crippen molar-refractivity contribution in [3.63, 3.8) is 0 Å². The predicted octanol–water partition coefficient (Wildman–Crippen LogP) is 4.11. The number of carbonyl (C=O) groups excluding carboxylic acids is 2. The molecule has 1 aliphatic rings. The van der Waals surface area contributed by atoms with E-state index >= 15 is 0 Å². The minimum atomic E-state index is -0.165. The number of amides is 2. The summed E-state index contributed by atoms with van der Waals surface area (Å²) in [6.45, 7) is 2.97. The van der Waals surface area contributed by atoms with Gasteiger partial charge in [-0.3, -0.25) is 14.6 Å².